The molecule has 4 heteroatoms. The summed E-state index contributed by atoms with van der Waals surface area (Å²) >= 11 is 3.39. The molecule has 0 spiro atoms. The normalized spacial score (nSPS) is 9.83. The quantitative estimate of drug-likeness (QED) is 0.807. The molecule has 3 nitrogen and oxygen atoms in total. The summed E-state index contributed by atoms with van der Waals surface area (Å²) in [6.45, 7) is 1.95. The molecular weight excluding hydrogens is 292 g/mol. The standard InChI is InChI=1S/C14H11BrN2O/c1-10-5-12(7-15)9-17-14(10)18-13-4-2-3-11(6-13)8-16/h2-6,9H,7H2,1H3. The molecule has 0 saturated carbocycles. The molecule has 2 rings (SSSR count). The molecule has 0 saturated heterocycles. The van der Waals surface area contributed by atoms with Crippen molar-refractivity contribution in [3.8, 4) is 17.7 Å². The van der Waals surface area contributed by atoms with Gasteiger partial charge >= 0.3 is 0 Å². The molecule has 0 aliphatic heterocycles. The first-order valence-electron chi connectivity index (χ1n) is 5.42. The first-order chi connectivity index (χ1) is 8.72. The van der Waals surface area contributed by atoms with Gasteiger partial charge in [-0.2, -0.15) is 5.26 Å². The van der Waals surface area contributed by atoms with Gasteiger partial charge in [0.05, 0.1) is 11.6 Å². The highest BCUT2D eigenvalue weighted by Gasteiger charge is 2.04. The van der Waals surface area contributed by atoms with E-state index in [0.717, 1.165) is 16.5 Å². The van der Waals surface area contributed by atoms with Gasteiger partial charge in [-0.25, -0.2) is 4.98 Å². The maximum atomic E-state index is 8.82. The number of nitrogens with zero attached hydrogens (tertiary/aromatic N) is 2. The van der Waals surface area contributed by atoms with E-state index in [1.54, 1.807) is 30.5 Å². The zero-order valence-electron chi connectivity index (χ0n) is 9.85. The highest BCUT2D eigenvalue weighted by Crippen LogP contribution is 2.24. The third kappa shape index (κ3) is 2.88. The van der Waals surface area contributed by atoms with Gasteiger partial charge in [-0.05, 0) is 36.8 Å². The SMILES string of the molecule is Cc1cc(CBr)cnc1Oc1cccc(C#N)c1. The maximum Gasteiger partial charge on any atom is 0.222 e. The van der Waals surface area contributed by atoms with E-state index < -0.39 is 0 Å². The number of hydrogen-bond acceptors (Lipinski definition) is 3. The molecule has 2 aromatic rings. The Kier molecular flexibility index (Phi) is 3.96. The van der Waals surface area contributed by atoms with Gasteiger partial charge < -0.3 is 4.74 Å². The minimum atomic E-state index is 0.565. The lowest BCUT2D eigenvalue weighted by Crippen LogP contribution is -1.93. The van der Waals surface area contributed by atoms with E-state index in [2.05, 4.69) is 27.0 Å². The van der Waals surface area contributed by atoms with Crippen LogP contribution in [-0.4, -0.2) is 4.98 Å². The van der Waals surface area contributed by atoms with Crippen LogP contribution in [0.2, 0.25) is 0 Å². The van der Waals surface area contributed by atoms with Crippen molar-refractivity contribution in [1.82, 2.24) is 4.98 Å². The number of nitriles is 1. The molecule has 0 N–H and O–H groups in total. The lowest BCUT2D eigenvalue weighted by atomic mass is 10.2. The van der Waals surface area contributed by atoms with Crippen molar-refractivity contribution in [2.45, 2.75) is 12.3 Å². The van der Waals surface area contributed by atoms with E-state index in [9.17, 15) is 0 Å². The minimum absolute atomic E-state index is 0.565. The Morgan fingerprint density at radius 3 is 2.89 bits per heavy atom. The van der Waals surface area contributed by atoms with Crippen molar-refractivity contribution in [3.63, 3.8) is 0 Å². The van der Waals surface area contributed by atoms with E-state index in [1.807, 2.05) is 13.0 Å². The Labute approximate surface area is 114 Å². The van der Waals surface area contributed by atoms with E-state index in [1.165, 1.54) is 0 Å². The van der Waals surface area contributed by atoms with Gasteiger partial charge in [-0.15, -0.1) is 0 Å². The lowest BCUT2D eigenvalue weighted by Gasteiger charge is -2.08. The smallest absolute Gasteiger partial charge is 0.222 e. The second kappa shape index (κ2) is 5.65. The molecule has 0 amide bonds. The van der Waals surface area contributed by atoms with Gasteiger partial charge in [0.15, 0.2) is 0 Å². The summed E-state index contributed by atoms with van der Waals surface area (Å²) in [6, 6.07) is 11.1. The van der Waals surface area contributed by atoms with Crippen LogP contribution in [0.4, 0.5) is 0 Å². The number of alkyl halides is 1. The number of halogens is 1. The fourth-order valence-electron chi connectivity index (χ4n) is 1.54. The monoisotopic (exact) mass is 302 g/mol. The summed E-state index contributed by atoms with van der Waals surface area (Å²) < 4.78 is 5.67. The van der Waals surface area contributed by atoms with Crippen molar-refractivity contribution in [1.29, 1.82) is 5.26 Å². The average Bonchev–Trinajstić information content (AvgIpc) is 2.41. The average molecular weight is 303 g/mol. The van der Waals surface area contributed by atoms with E-state index in [0.29, 0.717) is 17.2 Å². The second-order valence-electron chi connectivity index (χ2n) is 3.84. The molecule has 0 aliphatic carbocycles. The number of pyridine rings is 1. The number of benzene rings is 1. The Balaban J connectivity index is 2.26. The lowest BCUT2D eigenvalue weighted by molar-refractivity contribution is 0.458. The number of hydrogen-bond donors (Lipinski definition) is 0. The predicted molar refractivity (Wildman–Crippen MR) is 72.8 cm³/mol. The molecule has 18 heavy (non-hydrogen) atoms. The third-order valence-electron chi connectivity index (χ3n) is 2.42. The third-order valence-corrected chi connectivity index (χ3v) is 3.07. The van der Waals surface area contributed by atoms with Crippen molar-refractivity contribution in [3.05, 3.63) is 53.2 Å². The molecule has 1 heterocycles. The van der Waals surface area contributed by atoms with Crippen LogP contribution in [0.5, 0.6) is 11.6 Å². The molecule has 1 aromatic heterocycles. The van der Waals surface area contributed by atoms with Gasteiger partial charge in [0, 0.05) is 17.1 Å². The summed E-state index contributed by atoms with van der Waals surface area (Å²) in [5.74, 6) is 1.19. The number of aryl methyl sites for hydroxylation is 1. The molecular formula is C14H11BrN2O. The maximum absolute atomic E-state index is 8.82. The van der Waals surface area contributed by atoms with Gasteiger partial charge in [0.2, 0.25) is 5.88 Å². The van der Waals surface area contributed by atoms with Crippen molar-refractivity contribution in [2.24, 2.45) is 0 Å². The highest BCUT2D eigenvalue weighted by atomic mass is 79.9. The zero-order valence-corrected chi connectivity index (χ0v) is 11.4. The molecule has 0 radical (unpaired) electrons. The molecule has 1 aromatic carbocycles. The topological polar surface area (TPSA) is 45.9 Å². The van der Waals surface area contributed by atoms with Crippen LogP contribution >= 0.6 is 15.9 Å². The fourth-order valence-corrected chi connectivity index (χ4v) is 1.85. The van der Waals surface area contributed by atoms with Gasteiger partial charge in [0.25, 0.3) is 0 Å². The summed E-state index contributed by atoms with van der Waals surface area (Å²) in [7, 11) is 0. The molecule has 0 fully saturated rings. The molecule has 0 bridgehead atoms. The van der Waals surface area contributed by atoms with Gasteiger partial charge in [0.1, 0.15) is 5.75 Å². The van der Waals surface area contributed by atoms with E-state index in [4.69, 9.17) is 10.00 Å². The van der Waals surface area contributed by atoms with Crippen LogP contribution < -0.4 is 4.74 Å². The Morgan fingerprint density at radius 1 is 1.39 bits per heavy atom. The largest absolute Gasteiger partial charge is 0.439 e. The van der Waals surface area contributed by atoms with E-state index in [-0.39, 0.29) is 0 Å². The Bertz CT molecular complexity index is 605. The summed E-state index contributed by atoms with van der Waals surface area (Å²) in [6.07, 6.45) is 1.77. The summed E-state index contributed by atoms with van der Waals surface area (Å²) in [4.78, 5) is 4.26. The molecule has 90 valence electrons. The van der Waals surface area contributed by atoms with Crippen LogP contribution in [0.3, 0.4) is 0 Å². The van der Waals surface area contributed by atoms with Crippen LogP contribution in [0, 0.1) is 18.3 Å². The van der Waals surface area contributed by atoms with Crippen LogP contribution in [-0.2, 0) is 5.33 Å². The summed E-state index contributed by atoms with van der Waals surface area (Å²) in [5, 5.41) is 9.59. The van der Waals surface area contributed by atoms with Crippen LogP contribution in [0.25, 0.3) is 0 Å². The number of aromatic nitrogens is 1. The minimum Gasteiger partial charge on any atom is -0.439 e. The first-order valence-corrected chi connectivity index (χ1v) is 6.54. The van der Waals surface area contributed by atoms with Gasteiger partial charge in [-0.3, -0.25) is 0 Å². The molecule has 0 aliphatic rings. The zero-order chi connectivity index (χ0) is 13.0. The van der Waals surface area contributed by atoms with Crippen molar-refractivity contribution in [2.75, 3.05) is 0 Å². The fraction of sp³-hybridized carbons (Fsp3) is 0.143. The molecule has 0 atom stereocenters. The van der Waals surface area contributed by atoms with Gasteiger partial charge in [-0.1, -0.05) is 22.0 Å². The van der Waals surface area contributed by atoms with Crippen LogP contribution in [0.1, 0.15) is 16.7 Å². The Morgan fingerprint density at radius 2 is 2.22 bits per heavy atom. The predicted octanol–water partition coefficient (Wildman–Crippen LogP) is 3.95. The van der Waals surface area contributed by atoms with Crippen molar-refractivity contribution >= 4 is 15.9 Å². The Hall–Kier alpha value is -1.86. The number of rotatable bonds is 3. The number of ether oxygens (including phenoxy) is 1. The molecule has 0 unspecified atom stereocenters. The summed E-state index contributed by atoms with van der Waals surface area (Å²) in [5.41, 5.74) is 2.64. The van der Waals surface area contributed by atoms with E-state index >= 15 is 0 Å². The first kappa shape index (κ1) is 12.6. The van der Waals surface area contributed by atoms with Crippen molar-refractivity contribution < 1.29 is 4.74 Å². The highest BCUT2D eigenvalue weighted by molar-refractivity contribution is 9.08. The van der Waals surface area contributed by atoms with Crippen LogP contribution in [0.15, 0.2) is 36.5 Å². The second-order valence-corrected chi connectivity index (χ2v) is 4.40.